The molecule has 0 fully saturated rings. The lowest BCUT2D eigenvalue weighted by Gasteiger charge is -2.25. The van der Waals surface area contributed by atoms with Crippen molar-refractivity contribution in [2.24, 2.45) is 0 Å². The van der Waals surface area contributed by atoms with E-state index in [4.69, 9.17) is 5.11 Å². The first-order chi connectivity index (χ1) is 9.41. The summed E-state index contributed by atoms with van der Waals surface area (Å²) in [6, 6.07) is -0.408. The average molecular weight is 301 g/mol. The minimum atomic E-state index is -0.899. The number of rotatable bonds is 7. The van der Waals surface area contributed by atoms with E-state index in [9.17, 15) is 14.4 Å². The Balaban J connectivity index is 3.99. The third-order valence-corrected chi connectivity index (χ3v) is 2.57. The van der Waals surface area contributed by atoms with Gasteiger partial charge in [-0.1, -0.05) is 0 Å². The van der Waals surface area contributed by atoms with Crippen molar-refractivity contribution < 1.29 is 19.5 Å². The Kier molecular flexibility index (Phi) is 7.18. The summed E-state index contributed by atoms with van der Waals surface area (Å²) >= 11 is 0. The Bertz CT molecular complexity index is 386. The van der Waals surface area contributed by atoms with E-state index in [1.54, 1.807) is 13.8 Å². The Hall–Kier alpha value is -1.79. The largest absolute Gasteiger partial charge is 0.481 e. The predicted molar refractivity (Wildman–Crippen MR) is 80.0 cm³/mol. The van der Waals surface area contributed by atoms with E-state index in [0.717, 1.165) is 0 Å². The molecule has 122 valence electrons. The van der Waals surface area contributed by atoms with Gasteiger partial charge in [-0.05, 0) is 41.0 Å². The standard InChI is InChI=1S/C14H27N3O4/c1-13(2,3)16-10(18)7-9-15-12(21)17-14(4,5)8-6-11(19)20/h6-9H2,1-5H3,(H,16,18)(H,19,20)(H2,15,17,21). The lowest BCUT2D eigenvalue weighted by molar-refractivity contribution is -0.137. The molecule has 0 radical (unpaired) electrons. The predicted octanol–water partition coefficient (Wildman–Crippen LogP) is 1.23. The highest BCUT2D eigenvalue weighted by Crippen LogP contribution is 2.10. The molecule has 3 amide bonds. The molecule has 0 aromatic carbocycles. The molecule has 0 saturated heterocycles. The number of aliphatic carboxylic acids is 1. The van der Waals surface area contributed by atoms with E-state index >= 15 is 0 Å². The number of nitrogens with one attached hydrogen (secondary N) is 3. The van der Waals surface area contributed by atoms with Crippen LogP contribution in [0.2, 0.25) is 0 Å². The van der Waals surface area contributed by atoms with E-state index in [0.29, 0.717) is 6.42 Å². The van der Waals surface area contributed by atoms with Gasteiger partial charge in [0.15, 0.2) is 0 Å². The molecule has 4 N–H and O–H groups in total. The summed E-state index contributed by atoms with van der Waals surface area (Å²) < 4.78 is 0. The van der Waals surface area contributed by atoms with Crippen LogP contribution >= 0.6 is 0 Å². The fourth-order valence-corrected chi connectivity index (χ4v) is 1.60. The van der Waals surface area contributed by atoms with Crippen LogP contribution in [0.15, 0.2) is 0 Å². The molecular weight excluding hydrogens is 274 g/mol. The summed E-state index contributed by atoms with van der Waals surface area (Å²) in [5, 5.41) is 16.7. The minimum absolute atomic E-state index is 0.0126. The zero-order chi connectivity index (χ0) is 16.7. The van der Waals surface area contributed by atoms with Crippen LogP contribution in [0.1, 0.15) is 53.9 Å². The summed E-state index contributed by atoms with van der Waals surface area (Å²) in [5.41, 5.74) is -0.908. The van der Waals surface area contributed by atoms with Crippen LogP contribution in [0.25, 0.3) is 0 Å². The van der Waals surface area contributed by atoms with Crippen LogP contribution in [0, 0.1) is 0 Å². The Morgan fingerprint density at radius 1 is 0.952 bits per heavy atom. The molecule has 0 aromatic heterocycles. The molecule has 0 atom stereocenters. The number of carbonyl (C=O) groups excluding carboxylic acids is 2. The lowest BCUT2D eigenvalue weighted by atomic mass is 9.99. The highest BCUT2D eigenvalue weighted by molar-refractivity contribution is 5.79. The van der Waals surface area contributed by atoms with Gasteiger partial charge in [-0.15, -0.1) is 0 Å². The molecule has 0 saturated carbocycles. The van der Waals surface area contributed by atoms with E-state index in [-0.39, 0.29) is 30.8 Å². The highest BCUT2D eigenvalue weighted by Gasteiger charge is 2.21. The van der Waals surface area contributed by atoms with Crippen LogP contribution < -0.4 is 16.0 Å². The second-order valence-corrected chi connectivity index (χ2v) is 6.71. The van der Waals surface area contributed by atoms with E-state index in [1.165, 1.54) is 0 Å². The summed E-state index contributed by atoms with van der Waals surface area (Å²) in [6.45, 7) is 9.38. The molecule has 0 aliphatic rings. The van der Waals surface area contributed by atoms with Gasteiger partial charge in [-0.3, -0.25) is 9.59 Å². The van der Waals surface area contributed by atoms with E-state index < -0.39 is 17.5 Å². The maximum absolute atomic E-state index is 11.7. The first-order valence-corrected chi connectivity index (χ1v) is 7.00. The van der Waals surface area contributed by atoms with Crippen molar-refractivity contribution >= 4 is 17.9 Å². The topological polar surface area (TPSA) is 108 Å². The number of carboxylic acids is 1. The average Bonchev–Trinajstić information content (AvgIpc) is 2.23. The molecule has 0 aliphatic carbocycles. The first kappa shape index (κ1) is 19.2. The fraction of sp³-hybridized carbons (Fsp3) is 0.786. The monoisotopic (exact) mass is 301 g/mol. The molecule has 0 aliphatic heterocycles. The molecular formula is C14H27N3O4. The van der Waals surface area contributed by atoms with Gasteiger partial charge in [0.25, 0.3) is 0 Å². The third kappa shape index (κ3) is 11.7. The Morgan fingerprint density at radius 2 is 1.52 bits per heavy atom. The lowest BCUT2D eigenvalue weighted by Crippen LogP contribution is -2.49. The molecule has 0 aromatic rings. The van der Waals surface area contributed by atoms with Gasteiger partial charge < -0.3 is 21.1 Å². The van der Waals surface area contributed by atoms with Crippen molar-refractivity contribution in [3.63, 3.8) is 0 Å². The van der Waals surface area contributed by atoms with Gasteiger partial charge in [-0.25, -0.2) is 4.79 Å². The van der Waals surface area contributed by atoms with Gasteiger partial charge in [0, 0.05) is 30.5 Å². The van der Waals surface area contributed by atoms with Crippen molar-refractivity contribution in [2.75, 3.05) is 6.54 Å². The van der Waals surface area contributed by atoms with Gasteiger partial charge in [-0.2, -0.15) is 0 Å². The maximum Gasteiger partial charge on any atom is 0.315 e. The van der Waals surface area contributed by atoms with Crippen molar-refractivity contribution in [3.05, 3.63) is 0 Å². The summed E-state index contributed by atoms with van der Waals surface area (Å²) in [4.78, 5) is 33.7. The summed E-state index contributed by atoms with van der Waals surface area (Å²) in [7, 11) is 0. The first-order valence-electron chi connectivity index (χ1n) is 7.00. The van der Waals surface area contributed by atoms with Crippen LogP contribution in [0.4, 0.5) is 4.79 Å². The van der Waals surface area contributed by atoms with Gasteiger partial charge in [0.1, 0.15) is 0 Å². The van der Waals surface area contributed by atoms with Crippen LogP contribution in [-0.2, 0) is 9.59 Å². The van der Waals surface area contributed by atoms with Gasteiger partial charge in [0.05, 0.1) is 0 Å². The summed E-state index contributed by atoms with van der Waals surface area (Å²) in [6.07, 6.45) is 0.516. The number of hydrogen-bond acceptors (Lipinski definition) is 3. The van der Waals surface area contributed by atoms with Crippen molar-refractivity contribution in [3.8, 4) is 0 Å². The van der Waals surface area contributed by atoms with Crippen LogP contribution in [0.3, 0.4) is 0 Å². The van der Waals surface area contributed by atoms with Crippen molar-refractivity contribution in [2.45, 2.75) is 65.0 Å². The summed E-state index contributed by atoms with van der Waals surface area (Å²) in [5.74, 6) is -1.03. The third-order valence-electron chi connectivity index (χ3n) is 2.57. The molecule has 0 unspecified atom stereocenters. The van der Waals surface area contributed by atoms with Gasteiger partial charge in [0.2, 0.25) is 5.91 Å². The quantitative estimate of drug-likeness (QED) is 0.567. The zero-order valence-electron chi connectivity index (χ0n) is 13.5. The van der Waals surface area contributed by atoms with Crippen molar-refractivity contribution in [1.82, 2.24) is 16.0 Å². The second kappa shape index (κ2) is 7.85. The second-order valence-electron chi connectivity index (χ2n) is 6.71. The van der Waals surface area contributed by atoms with E-state index in [2.05, 4.69) is 16.0 Å². The number of carboxylic acid groups (broad SMARTS) is 1. The molecule has 0 rings (SSSR count). The Labute approximate surface area is 125 Å². The molecule has 7 heteroatoms. The molecule has 0 spiro atoms. The van der Waals surface area contributed by atoms with Crippen LogP contribution in [0.5, 0.6) is 0 Å². The highest BCUT2D eigenvalue weighted by atomic mass is 16.4. The van der Waals surface area contributed by atoms with Crippen LogP contribution in [-0.4, -0.2) is 40.6 Å². The Morgan fingerprint density at radius 3 is 2.00 bits per heavy atom. The molecule has 21 heavy (non-hydrogen) atoms. The smallest absolute Gasteiger partial charge is 0.315 e. The number of amides is 3. The number of urea groups is 1. The minimum Gasteiger partial charge on any atom is -0.481 e. The fourth-order valence-electron chi connectivity index (χ4n) is 1.60. The molecule has 0 heterocycles. The molecule has 0 bridgehead atoms. The number of hydrogen-bond donors (Lipinski definition) is 4. The molecule has 7 nitrogen and oxygen atoms in total. The maximum atomic E-state index is 11.7. The SMILES string of the molecule is CC(C)(C)NC(=O)CCNC(=O)NC(C)(C)CCC(=O)O. The van der Waals surface area contributed by atoms with Crippen molar-refractivity contribution in [1.29, 1.82) is 0 Å². The number of carbonyl (C=O) groups is 3. The van der Waals surface area contributed by atoms with Gasteiger partial charge >= 0.3 is 12.0 Å². The van der Waals surface area contributed by atoms with E-state index in [1.807, 2.05) is 20.8 Å². The zero-order valence-corrected chi connectivity index (χ0v) is 13.5. The normalized spacial score (nSPS) is 11.7.